The van der Waals surface area contributed by atoms with Crippen molar-refractivity contribution in [2.24, 2.45) is 5.84 Å². The van der Waals surface area contributed by atoms with Crippen molar-refractivity contribution in [3.05, 3.63) is 48.0 Å². The summed E-state index contributed by atoms with van der Waals surface area (Å²) in [7, 11) is 0. The molecular weight excluding hydrogens is 250 g/mol. The Labute approximate surface area is 120 Å². The molecule has 2 rings (SSSR count). The Hall–Kier alpha value is -1.72. The zero-order chi connectivity index (χ0) is 14.4. The maximum absolute atomic E-state index is 5.65. The number of hydrogen-bond acceptors (Lipinski definition) is 4. The molecule has 3 N–H and O–H groups in total. The fraction of sp³-hybridized carbons (Fsp3) is 0.467. The standard InChI is InChI=1S/C15H23N5/c1-12(2)20-10-8-15(19-20)11-14(18-16)7-6-13-5-3-4-9-17-13/h3-5,8-10,12,14,18H,6-7,11,16H2,1-2H3. The van der Waals surface area contributed by atoms with Crippen molar-refractivity contribution in [1.29, 1.82) is 0 Å². The van der Waals surface area contributed by atoms with Crippen LogP contribution in [0.2, 0.25) is 0 Å². The second-order valence-corrected chi connectivity index (χ2v) is 5.31. The SMILES string of the molecule is CC(C)n1ccc(CC(CCc2ccccn2)NN)n1. The first-order valence-corrected chi connectivity index (χ1v) is 7.09. The Morgan fingerprint density at radius 3 is 2.70 bits per heavy atom. The van der Waals surface area contributed by atoms with Gasteiger partial charge in [0.25, 0.3) is 0 Å². The molecule has 0 aliphatic rings. The first kappa shape index (κ1) is 14.7. The van der Waals surface area contributed by atoms with Gasteiger partial charge in [-0.1, -0.05) is 6.07 Å². The lowest BCUT2D eigenvalue weighted by Crippen LogP contribution is -2.37. The predicted octanol–water partition coefficient (Wildman–Crippen LogP) is 1.87. The highest BCUT2D eigenvalue weighted by Crippen LogP contribution is 2.09. The van der Waals surface area contributed by atoms with Crippen molar-refractivity contribution in [3.63, 3.8) is 0 Å². The highest BCUT2D eigenvalue weighted by molar-refractivity contribution is 5.05. The second kappa shape index (κ2) is 7.17. The average Bonchev–Trinajstić information content (AvgIpc) is 2.93. The molecule has 2 aromatic heterocycles. The summed E-state index contributed by atoms with van der Waals surface area (Å²) >= 11 is 0. The second-order valence-electron chi connectivity index (χ2n) is 5.31. The maximum atomic E-state index is 5.65. The van der Waals surface area contributed by atoms with Crippen molar-refractivity contribution >= 4 is 0 Å². The molecule has 1 unspecified atom stereocenters. The number of nitrogens with two attached hydrogens (primary N) is 1. The minimum Gasteiger partial charge on any atom is -0.271 e. The molecule has 1 atom stereocenters. The Morgan fingerprint density at radius 1 is 1.25 bits per heavy atom. The van der Waals surface area contributed by atoms with Crippen molar-refractivity contribution < 1.29 is 0 Å². The number of rotatable bonds is 7. The number of pyridine rings is 1. The van der Waals surface area contributed by atoms with E-state index >= 15 is 0 Å². The van der Waals surface area contributed by atoms with Gasteiger partial charge in [0.2, 0.25) is 0 Å². The molecule has 5 heteroatoms. The van der Waals surface area contributed by atoms with E-state index in [0.717, 1.165) is 30.7 Å². The molecule has 0 aliphatic heterocycles. The number of nitrogens with one attached hydrogen (secondary N) is 1. The van der Waals surface area contributed by atoms with Crippen LogP contribution in [0.3, 0.4) is 0 Å². The third-order valence-electron chi connectivity index (χ3n) is 3.36. The molecule has 2 heterocycles. The van der Waals surface area contributed by atoms with Crippen LogP contribution in [0.5, 0.6) is 0 Å². The molecule has 20 heavy (non-hydrogen) atoms. The van der Waals surface area contributed by atoms with E-state index in [-0.39, 0.29) is 6.04 Å². The van der Waals surface area contributed by atoms with Crippen molar-refractivity contribution in [3.8, 4) is 0 Å². The summed E-state index contributed by atoms with van der Waals surface area (Å²) in [5.41, 5.74) is 5.05. The van der Waals surface area contributed by atoms with E-state index < -0.39 is 0 Å². The quantitative estimate of drug-likeness (QED) is 0.597. The molecule has 0 radical (unpaired) electrons. The number of aryl methyl sites for hydroxylation is 1. The normalized spacial score (nSPS) is 12.8. The lowest BCUT2D eigenvalue weighted by molar-refractivity contribution is 0.473. The molecule has 0 fully saturated rings. The predicted molar refractivity (Wildman–Crippen MR) is 80.0 cm³/mol. The fourth-order valence-corrected chi connectivity index (χ4v) is 2.14. The van der Waals surface area contributed by atoms with Crippen LogP contribution >= 0.6 is 0 Å². The minimum atomic E-state index is 0.215. The van der Waals surface area contributed by atoms with Crippen LogP contribution in [-0.2, 0) is 12.8 Å². The van der Waals surface area contributed by atoms with Crippen LogP contribution in [0.25, 0.3) is 0 Å². The Kier molecular flexibility index (Phi) is 5.26. The zero-order valence-corrected chi connectivity index (χ0v) is 12.2. The maximum Gasteiger partial charge on any atom is 0.0640 e. The summed E-state index contributed by atoms with van der Waals surface area (Å²) in [5, 5.41) is 4.56. The van der Waals surface area contributed by atoms with E-state index in [4.69, 9.17) is 5.84 Å². The van der Waals surface area contributed by atoms with Crippen molar-refractivity contribution in [2.75, 3.05) is 0 Å². The third kappa shape index (κ3) is 4.15. The van der Waals surface area contributed by atoms with Gasteiger partial charge in [-0.3, -0.25) is 20.9 Å². The summed E-state index contributed by atoms with van der Waals surface area (Å²) < 4.78 is 1.97. The van der Waals surface area contributed by atoms with E-state index in [2.05, 4.69) is 35.4 Å². The third-order valence-corrected chi connectivity index (χ3v) is 3.36. The lowest BCUT2D eigenvalue weighted by atomic mass is 10.0. The number of aromatic nitrogens is 3. The van der Waals surface area contributed by atoms with Crippen molar-refractivity contribution in [2.45, 2.75) is 45.2 Å². The van der Waals surface area contributed by atoms with Gasteiger partial charge < -0.3 is 0 Å². The molecule has 0 aliphatic carbocycles. The number of hydrazine groups is 1. The van der Waals surface area contributed by atoms with Gasteiger partial charge in [0.05, 0.1) is 5.69 Å². The Balaban J connectivity index is 1.88. The smallest absolute Gasteiger partial charge is 0.0640 e. The van der Waals surface area contributed by atoms with Gasteiger partial charge in [-0.2, -0.15) is 5.10 Å². The molecule has 0 saturated carbocycles. The molecule has 0 bridgehead atoms. The summed E-state index contributed by atoms with van der Waals surface area (Å²) in [6.45, 7) is 4.24. The highest BCUT2D eigenvalue weighted by Gasteiger charge is 2.11. The number of hydrogen-bond donors (Lipinski definition) is 2. The highest BCUT2D eigenvalue weighted by atomic mass is 15.3. The summed E-state index contributed by atoms with van der Waals surface area (Å²) in [5.74, 6) is 5.65. The van der Waals surface area contributed by atoms with Crippen LogP contribution in [-0.4, -0.2) is 20.8 Å². The minimum absolute atomic E-state index is 0.215. The van der Waals surface area contributed by atoms with Gasteiger partial charge in [-0.25, -0.2) is 0 Å². The van der Waals surface area contributed by atoms with Crippen molar-refractivity contribution in [1.82, 2.24) is 20.2 Å². The van der Waals surface area contributed by atoms with Crippen LogP contribution in [0.15, 0.2) is 36.7 Å². The van der Waals surface area contributed by atoms with Gasteiger partial charge in [-0.05, 0) is 44.9 Å². The van der Waals surface area contributed by atoms with Crippen LogP contribution in [0.4, 0.5) is 0 Å². The molecule has 2 aromatic rings. The molecule has 0 saturated heterocycles. The molecule has 0 aromatic carbocycles. The van der Waals surface area contributed by atoms with E-state index in [1.54, 1.807) is 0 Å². The molecule has 108 valence electrons. The van der Waals surface area contributed by atoms with E-state index in [9.17, 15) is 0 Å². The Bertz CT molecular complexity index is 506. The zero-order valence-electron chi connectivity index (χ0n) is 12.2. The van der Waals surface area contributed by atoms with Crippen LogP contribution < -0.4 is 11.3 Å². The van der Waals surface area contributed by atoms with E-state index in [0.29, 0.717) is 6.04 Å². The first-order chi connectivity index (χ1) is 9.69. The average molecular weight is 273 g/mol. The van der Waals surface area contributed by atoms with Crippen LogP contribution in [0.1, 0.15) is 37.7 Å². The summed E-state index contributed by atoms with van der Waals surface area (Å²) in [4.78, 5) is 4.33. The van der Waals surface area contributed by atoms with Gasteiger partial charge in [0, 0.05) is 36.6 Å². The first-order valence-electron chi connectivity index (χ1n) is 7.09. The van der Waals surface area contributed by atoms with E-state index in [1.807, 2.05) is 35.3 Å². The molecule has 0 spiro atoms. The fourth-order valence-electron chi connectivity index (χ4n) is 2.14. The van der Waals surface area contributed by atoms with Crippen LogP contribution in [0, 0.1) is 0 Å². The topological polar surface area (TPSA) is 68.8 Å². The lowest BCUT2D eigenvalue weighted by Gasteiger charge is -2.14. The van der Waals surface area contributed by atoms with Gasteiger partial charge in [-0.15, -0.1) is 0 Å². The largest absolute Gasteiger partial charge is 0.271 e. The van der Waals surface area contributed by atoms with Gasteiger partial charge in [0.1, 0.15) is 0 Å². The monoisotopic (exact) mass is 273 g/mol. The molecule has 0 amide bonds. The summed E-state index contributed by atoms with van der Waals surface area (Å²) in [6.07, 6.45) is 6.54. The molecular formula is C15H23N5. The van der Waals surface area contributed by atoms with Gasteiger partial charge in [0.15, 0.2) is 0 Å². The van der Waals surface area contributed by atoms with E-state index in [1.165, 1.54) is 0 Å². The summed E-state index contributed by atoms with van der Waals surface area (Å²) in [6, 6.07) is 8.65. The molecule has 5 nitrogen and oxygen atoms in total. The number of nitrogens with zero attached hydrogens (tertiary/aromatic N) is 3. The Morgan fingerprint density at radius 2 is 2.10 bits per heavy atom. The van der Waals surface area contributed by atoms with Gasteiger partial charge >= 0.3 is 0 Å².